The van der Waals surface area contributed by atoms with Gasteiger partial charge in [-0.3, -0.25) is 9.36 Å². The van der Waals surface area contributed by atoms with Crippen molar-refractivity contribution in [3.8, 4) is 0 Å². The molecule has 0 fully saturated rings. The van der Waals surface area contributed by atoms with Crippen LogP contribution >= 0.6 is 0 Å². The van der Waals surface area contributed by atoms with Crippen LogP contribution in [0.5, 0.6) is 0 Å². The largest absolute Gasteiger partial charge is 0.305 e. The maximum Gasteiger partial charge on any atom is 0.0781 e. The van der Waals surface area contributed by atoms with Crippen molar-refractivity contribution in [3.05, 3.63) is 35.4 Å². The normalized spacial score (nSPS) is 12.9. The highest BCUT2D eigenvalue weighted by Crippen LogP contribution is 2.23. The Bertz CT molecular complexity index is 511. The van der Waals surface area contributed by atoms with Crippen molar-refractivity contribution < 1.29 is 0 Å². The molecule has 2 rings (SSSR count). The molecule has 2 heterocycles. The number of aromatic nitrogens is 4. The lowest BCUT2D eigenvalue weighted by Crippen LogP contribution is -2.25. The van der Waals surface area contributed by atoms with Crippen LogP contribution in [0.25, 0.3) is 0 Å². The molecule has 0 radical (unpaired) electrons. The van der Waals surface area contributed by atoms with Gasteiger partial charge in [0.25, 0.3) is 0 Å². The molecule has 2 aromatic rings. The Morgan fingerprint density at radius 3 is 2.72 bits per heavy atom. The molecule has 18 heavy (non-hydrogen) atoms. The fourth-order valence-corrected chi connectivity index (χ4v) is 2.33. The Balaban J connectivity index is 2.42. The van der Waals surface area contributed by atoms with Gasteiger partial charge in [-0.25, -0.2) is 0 Å². The van der Waals surface area contributed by atoms with Crippen molar-refractivity contribution in [1.82, 2.24) is 24.9 Å². The molecular formula is C13H21N5. The van der Waals surface area contributed by atoms with Crippen LogP contribution in [0, 0.1) is 6.92 Å². The molecule has 5 heteroatoms. The average molecular weight is 247 g/mol. The summed E-state index contributed by atoms with van der Waals surface area (Å²) in [6.45, 7) is 8.06. The van der Waals surface area contributed by atoms with Crippen molar-refractivity contribution in [2.75, 3.05) is 6.54 Å². The van der Waals surface area contributed by atoms with Crippen molar-refractivity contribution in [1.29, 1.82) is 0 Å². The van der Waals surface area contributed by atoms with Crippen LogP contribution in [-0.2, 0) is 13.6 Å². The highest BCUT2D eigenvalue weighted by molar-refractivity contribution is 5.28. The number of aryl methyl sites for hydroxylation is 3. The highest BCUT2D eigenvalue weighted by Gasteiger charge is 2.20. The zero-order valence-corrected chi connectivity index (χ0v) is 11.5. The van der Waals surface area contributed by atoms with Crippen molar-refractivity contribution >= 4 is 0 Å². The van der Waals surface area contributed by atoms with E-state index in [0.717, 1.165) is 18.8 Å². The molecule has 0 aliphatic heterocycles. The minimum Gasteiger partial charge on any atom is -0.305 e. The van der Waals surface area contributed by atoms with Gasteiger partial charge >= 0.3 is 0 Å². The first-order valence-corrected chi connectivity index (χ1v) is 6.42. The summed E-state index contributed by atoms with van der Waals surface area (Å²) in [4.78, 5) is 0. The summed E-state index contributed by atoms with van der Waals surface area (Å²) >= 11 is 0. The molecule has 2 aromatic heterocycles. The molecule has 0 saturated heterocycles. The summed E-state index contributed by atoms with van der Waals surface area (Å²) in [5.41, 5.74) is 3.47. The number of nitrogens with one attached hydrogen (secondary N) is 1. The van der Waals surface area contributed by atoms with E-state index in [9.17, 15) is 0 Å². The van der Waals surface area contributed by atoms with E-state index in [2.05, 4.69) is 41.6 Å². The van der Waals surface area contributed by atoms with Crippen LogP contribution in [0.4, 0.5) is 0 Å². The third kappa shape index (κ3) is 2.31. The third-order valence-electron chi connectivity index (χ3n) is 3.12. The van der Waals surface area contributed by atoms with E-state index in [0.29, 0.717) is 0 Å². The van der Waals surface area contributed by atoms with Gasteiger partial charge in [0.2, 0.25) is 0 Å². The Morgan fingerprint density at radius 2 is 2.17 bits per heavy atom. The summed E-state index contributed by atoms with van der Waals surface area (Å²) in [6, 6.07) is 2.23. The number of nitrogens with zero attached hydrogens (tertiary/aromatic N) is 4. The standard InChI is InChI=1S/C13H21N5/c1-5-14-13(11-9-17(4)16-10(11)3)12-7-8-15-18(12)6-2/h7-9,13-14H,5-6H2,1-4H3. The lowest BCUT2D eigenvalue weighted by atomic mass is 10.0. The van der Waals surface area contributed by atoms with E-state index in [-0.39, 0.29) is 6.04 Å². The van der Waals surface area contributed by atoms with Gasteiger partial charge in [-0.15, -0.1) is 0 Å². The zero-order valence-electron chi connectivity index (χ0n) is 11.5. The second-order valence-electron chi connectivity index (χ2n) is 4.41. The number of hydrogen-bond acceptors (Lipinski definition) is 3. The molecule has 1 atom stereocenters. The molecule has 0 saturated carbocycles. The van der Waals surface area contributed by atoms with Crippen LogP contribution in [0.15, 0.2) is 18.5 Å². The van der Waals surface area contributed by atoms with E-state index in [4.69, 9.17) is 0 Å². The quantitative estimate of drug-likeness (QED) is 0.874. The lowest BCUT2D eigenvalue weighted by Gasteiger charge is -2.18. The molecule has 0 aliphatic carbocycles. The van der Waals surface area contributed by atoms with Gasteiger partial charge in [-0.2, -0.15) is 10.2 Å². The van der Waals surface area contributed by atoms with Gasteiger partial charge in [0, 0.05) is 31.5 Å². The van der Waals surface area contributed by atoms with Crippen molar-refractivity contribution in [2.45, 2.75) is 33.4 Å². The Kier molecular flexibility index (Phi) is 3.81. The third-order valence-corrected chi connectivity index (χ3v) is 3.12. The average Bonchev–Trinajstić information content (AvgIpc) is 2.92. The van der Waals surface area contributed by atoms with Gasteiger partial charge in [0.1, 0.15) is 0 Å². The highest BCUT2D eigenvalue weighted by atomic mass is 15.3. The van der Waals surface area contributed by atoms with E-state index in [1.807, 2.05) is 29.5 Å². The Hall–Kier alpha value is -1.62. The van der Waals surface area contributed by atoms with Gasteiger partial charge in [-0.1, -0.05) is 6.92 Å². The monoisotopic (exact) mass is 247 g/mol. The smallest absolute Gasteiger partial charge is 0.0781 e. The van der Waals surface area contributed by atoms with E-state index in [1.54, 1.807) is 0 Å². The topological polar surface area (TPSA) is 47.7 Å². The van der Waals surface area contributed by atoms with Crippen molar-refractivity contribution in [3.63, 3.8) is 0 Å². The minimum atomic E-state index is 0.158. The van der Waals surface area contributed by atoms with Gasteiger partial charge < -0.3 is 5.32 Å². The lowest BCUT2D eigenvalue weighted by molar-refractivity contribution is 0.541. The van der Waals surface area contributed by atoms with E-state index in [1.165, 1.54) is 11.3 Å². The molecule has 1 N–H and O–H groups in total. The van der Waals surface area contributed by atoms with Crippen LogP contribution in [-0.4, -0.2) is 26.1 Å². The van der Waals surface area contributed by atoms with E-state index >= 15 is 0 Å². The molecule has 0 spiro atoms. The predicted octanol–water partition coefficient (Wildman–Crippen LogP) is 1.64. The second kappa shape index (κ2) is 5.35. The van der Waals surface area contributed by atoms with Crippen molar-refractivity contribution in [2.24, 2.45) is 7.05 Å². The van der Waals surface area contributed by atoms with Gasteiger partial charge in [0.15, 0.2) is 0 Å². The SMILES string of the molecule is CCNC(c1cn(C)nc1C)c1ccnn1CC. The molecule has 0 amide bonds. The number of hydrogen-bond donors (Lipinski definition) is 1. The molecule has 5 nitrogen and oxygen atoms in total. The van der Waals surface area contributed by atoms with Gasteiger partial charge in [-0.05, 0) is 26.5 Å². The van der Waals surface area contributed by atoms with Gasteiger partial charge in [0.05, 0.1) is 17.4 Å². The Labute approximate surface area is 108 Å². The summed E-state index contributed by atoms with van der Waals surface area (Å²) in [6.07, 6.45) is 3.94. The maximum absolute atomic E-state index is 4.43. The first kappa shape index (κ1) is 12.8. The first-order chi connectivity index (χ1) is 8.67. The maximum atomic E-state index is 4.43. The second-order valence-corrected chi connectivity index (χ2v) is 4.41. The molecule has 0 bridgehead atoms. The summed E-state index contributed by atoms with van der Waals surface area (Å²) in [5, 5.41) is 12.3. The predicted molar refractivity (Wildman–Crippen MR) is 71.4 cm³/mol. The summed E-state index contributed by atoms with van der Waals surface area (Å²) in [7, 11) is 1.95. The number of rotatable bonds is 5. The molecule has 98 valence electrons. The molecule has 1 unspecified atom stereocenters. The molecule has 0 aromatic carbocycles. The van der Waals surface area contributed by atoms with Crippen LogP contribution in [0.2, 0.25) is 0 Å². The summed E-state index contributed by atoms with van der Waals surface area (Å²) in [5.74, 6) is 0. The van der Waals surface area contributed by atoms with Crippen LogP contribution < -0.4 is 5.32 Å². The zero-order chi connectivity index (χ0) is 13.1. The van der Waals surface area contributed by atoms with Crippen LogP contribution in [0.1, 0.15) is 36.8 Å². The minimum absolute atomic E-state index is 0.158. The van der Waals surface area contributed by atoms with E-state index < -0.39 is 0 Å². The Morgan fingerprint density at radius 1 is 1.39 bits per heavy atom. The first-order valence-electron chi connectivity index (χ1n) is 6.42. The molecule has 0 aliphatic rings. The van der Waals surface area contributed by atoms with Crippen LogP contribution in [0.3, 0.4) is 0 Å². The fraction of sp³-hybridized carbons (Fsp3) is 0.538. The summed E-state index contributed by atoms with van der Waals surface area (Å²) < 4.78 is 3.89. The fourth-order valence-electron chi connectivity index (χ4n) is 2.33. The molecular weight excluding hydrogens is 226 g/mol.